The minimum Gasteiger partial charge on any atom is -0.351 e. The van der Waals surface area contributed by atoms with E-state index in [2.05, 4.69) is 11.1 Å². The minimum atomic E-state index is -4.26. The van der Waals surface area contributed by atoms with E-state index >= 15 is 0 Å². The van der Waals surface area contributed by atoms with Crippen LogP contribution >= 0.6 is 0 Å². The zero-order valence-electron chi connectivity index (χ0n) is 7.15. The lowest BCUT2D eigenvalue weighted by Gasteiger charge is -2.06. The standard InChI is InChI=1S/C6H10F3N3O2/c7-6(8,9)1-2-11-3-4(13)12-5(10)14/h11H,1-3H2,(H3,10,12,13,14). The van der Waals surface area contributed by atoms with Crippen LogP contribution in [0.4, 0.5) is 18.0 Å². The lowest BCUT2D eigenvalue weighted by atomic mass is 10.4. The molecule has 0 atom stereocenters. The summed E-state index contributed by atoms with van der Waals surface area (Å²) in [7, 11) is 0. The SMILES string of the molecule is NC(=O)NC(=O)CNCCC(F)(F)F. The summed E-state index contributed by atoms with van der Waals surface area (Å²) < 4.78 is 34.7. The molecule has 4 N–H and O–H groups in total. The number of alkyl halides is 3. The Bertz CT molecular complexity index is 217. The molecule has 0 spiro atoms. The fraction of sp³-hybridized carbons (Fsp3) is 0.667. The Morgan fingerprint density at radius 3 is 2.29 bits per heavy atom. The van der Waals surface area contributed by atoms with Crippen LogP contribution < -0.4 is 16.4 Å². The van der Waals surface area contributed by atoms with Gasteiger partial charge in [-0.05, 0) is 0 Å². The van der Waals surface area contributed by atoms with E-state index in [4.69, 9.17) is 0 Å². The summed E-state index contributed by atoms with van der Waals surface area (Å²) in [5.74, 6) is -0.764. The van der Waals surface area contributed by atoms with Crippen molar-refractivity contribution in [2.24, 2.45) is 5.73 Å². The normalized spacial score (nSPS) is 11.1. The molecule has 0 rings (SSSR count). The highest BCUT2D eigenvalue weighted by Crippen LogP contribution is 2.17. The van der Waals surface area contributed by atoms with E-state index in [9.17, 15) is 22.8 Å². The van der Waals surface area contributed by atoms with Gasteiger partial charge in [0.15, 0.2) is 0 Å². The number of hydrogen-bond donors (Lipinski definition) is 3. The van der Waals surface area contributed by atoms with Crippen LogP contribution in [0.15, 0.2) is 0 Å². The predicted molar refractivity (Wildman–Crippen MR) is 41.3 cm³/mol. The summed E-state index contributed by atoms with van der Waals surface area (Å²) in [6, 6.07) is -1.03. The summed E-state index contributed by atoms with van der Waals surface area (Å²) in [5, 5.41) is 3.90. The van der Waals surface area contributed by atoms with E-state index in [1.54, 1.807) is 5.32 Å². The topological polar surface area (TPSA) is 84.2 Å². The van der Waals surface area contributed by atoms with Crippen molar-refractivity contribution in [1.82, 2.24) is 10.6 Å². The molecule has 8 heteroatoms. The fourth-order valence-electron chi connectivity index (χ4n) is 0.614. The highest BCUT2D eigenvalue weighted by atomic mass is 19.4. The lowest BCUT2D eigenvalue weighted by Crippen LogP contribution is -2.41. The number of primary amides is 1. The molecule has 0 aliphatic carbocycles. The van der Waals surface area contributed by atoms with Gasteiger partial charge in [0, 0.05) is 6.54 Å². The average molecular weight is 213 g/mol. The summed E-state index contributed by atoms with van der Waals surface area (Å²) >= 11 is 0. The molecule has 0 aromatic heterocycles. The largest absolute Gasteiger partial charge is 0.390 e. The molecule has 5 nitrogen and oxygen atoms in total. The molecule has 0 saturated carbocycles. The van der Waals surface area contributed by atoms with E-state index in [0.717, 1.165) is 0 Å². The Morgan fingerprint density at radius 2 is 1.86 bits per heavy atom. The number of hydrogen-bond acceptors (Lipinski definition) is 3. The molecule has 0 radical (unpaired) electrons. The molecule has 0 aromatic carbocycles. The van der Waals surface area contributed by atoms with Gasteiger partial charge >= 0.3 is 12.2 Å². The van der Waals surface area contributed by atoms with Crippen molar-refractivity contribution in [2.75, 3.05) is 13.1 Å². The molecule has 82 valence electrons. The van der Waals surface area contributed by atoms with Gasteiger partial charge < -0.3 is 11.1 Å². The first kappa shape index (κ1) is 12.7. The van der Waals surface area contributed by atoms with Crippen molar-refractivity contribution in [2.45, 2.75) is 12.6 Å². The lowest BCUT2D eigenvalue weighted by molar-refractivity contribution is -0.134. The first-order valence-corrected chi connectivity index (χ1v) is 3.68. The van der Waals surface area contributed by atoms with Gasteiger partial charge in [-0.3, -0.25) is 10.1 Å². The number of amides is 3. The van der Waals surface area contributed by atoms with Crippen molar-refractivity contribution < 1.29 is 22.8 Å². The number of imide groups is 1. The van der Waals surface area contributed by atoms with Crippen LogP contribution in [-0.2, 0) is 4.79 Å². The third-order valence-electron chi connectivity index (χ3n) is 1.13. The second kappa shape index (κ2) is 5.43. The van der Waals surface area contributed by atoms with E-state index in [0.29, 0.717) is 0 Å². The summed E-state index contributed by atoms with van der Waals surface area (Å²) in [4.78, 5) is 20.7. The van der Waals surface area contributed by atoms with Gasteiger partial charge in [-0.15, -0.1) is 0 Å². The van der Waals surface area contributed by atoms with Crippen molar-refractivity contribution in [1.29, 1.82) is 0 Å². The van der Waals surface area contributed by atoms with Crippen LogP contribution in [-0.4, -0.2) is 31.2 Å². The van der Waals surface area contributed by atoms with Crippen LogP contribution in [0.3, 0.4) is 0 Å². The molecule has 0 heterocycles. The average Bonchev–Trinajstić information content (AvgIpc) is 1.95. The number of rotatable bonds is 4. The Kier molecular flexibility index (Phi) is 4.92. The van der Waals surface area contributed by atoms with Gasteiger partial charge in [0.05, 0.1) is 13.0 Å². The molecule has 0 saturated heterocycles. The van der Waals surface area contributed by atoms with Crippen LogP contribution in [0.1, 0.15) is 6.42 Å². The van der Waals surface area contributed by atoms with Crippen molar-refractivity contribution >= 4 is 11.9 Å². The highest BCUT2D eigenvalue weighted by Gasteiger charge is 2.25. The summed E-state index contributed by atoms with van der Waals surface area (Å²) in [5.41, 5.74) is 4.59. The molecule has 0 bridgehead atoms. The molecule has 0 unspecified atom stereocenters. The third-order valence-corrected chi connectivity index (χ3v) is 1.13. The Balaban J connectivity index is 3.46. The Morgan fingerprint density at radius 1 is 1.29 bits per heavy atom. The summed E-state index contributed by atoms with van der Waals surface area (Å²) in [6.07, 6.45) is -5.29. The number of nitrogens with two attached hydrogens (primary N) is 1. The highest BCUT2D eigenvalue weighted by molar-refractivity contribution is 5.94. The van der Waals surface area contributed by atoms with E-state index in [1.165, 1.54) is 0 Å². The number of urea groups is 1. The smallest absolute Gasteiger partial charge is 0.351 e. The van der Waals surface area contributed by atoms with Crippen molar-refractivity contribution in [3.8, 4) is 0 Å². The maximum Gasteiger partial charge on any atom is 0.390 e. The van der Waals surface area contributed by atoms with Gasteiger partial charge in [0.25, 0.3) is 0 Å². The molecular formula is C6H10F3N3O2. The van der Waals surface area contributed by atoms with Gasteiger partial charge in [-0.2, -0.15) is 13.2 Å². The van der Waals surface area contributed by atoms with Crippen molar-refractivity contribution in [3.05, 3.63) is 0 Å². The molecule has 14 heavy (non-hydrogen) atoms. The first-order valence-electron chi connectivity index (χ1n) is 3.68. The van der Waals surface area contributed by atoms with Gasteiger partial charge in [0.1, 0.15) is 0 Å². The molecule has 0 fully saturated rings. The fourth-order valence-corrected chi connectivity index (χ4v) is 0.614. The van der Waals surface area contributed by atoms with Gasteiger partial charge in [-0.25, -0.2) is 4.79 Å². The summed E-state index contributed by atoms with van der Waals surface area (Å²) in [6.45, 7) is -0.755. The van der Waals surface area contributed by atoms with Crippen LogP contribution in [0.5, 0.6) is 0 Å². The molecule has 0 aliphatic rings. The number of halogens is 3. The van der Waals surface area contributed by atoms with Crippen LogP contribution in [0.25, 0.3) is 0 Å². The maximum absolute atomic E-state index is 11.6. The van der Waals surface area contributed by atoms with Gasteiger partial charge in [0.2, 0.25) is 5.91 Å². The zero-order valence-corrected chi connectivity index (χ0v) is 7.15. The van der Waals surface area contributed by atoms with E-state index in [1.807, 2.05) is 0 Å². The number of carbonyl (C=O) groups is 2. The third kappa shape index (κ3) is 8.78. The van der Waals surface area contributed by atoms with E-state index < -0.39 is 24.5 Å². The second-order valence-corrected chi connectivity index (χ2v) is 2.45. The molecule has 0 aliphatic heterocycles. The molecular weight excluding hydrogens is 203 g/mol. The molecule has 0 aromatic rings. The second-order valence-electron chi connectivity index (χ2n) is 2.45. The van der Waals surface area contributed by atoms with Gasteiger partial charge in [-0.1, -0.05) is 0 Å². The minimum absolute atomic E-state index is 0.376. The van der Waals surface area contributed by atoms with Crippen LogP contribution in [0, 0.1) is 0 Å². The van der Waals surface area contributed by atoms with E-state index in [-0.39, 0.29) is 13.1 Å². The zero-order chi connectivity index (χ0) is 11.2. The number of carbonyl (C=O) groups excluding carboxylic acids is 2. The van der Waals surface area contributed by atoms with Crippen LogP contribution in [0.2, 0.25) is 0 Å². The maximum atomic E-state index is 11.6. The Labute approximate surface area is 77.8 Å². The monoisotopic (exact) mass is 213 g/mol. The number of nitrogens with one attached hydrogen (secondary N) is 2. The quantitative estimate of drug-likeness (QED) is 0.562. The first-order chi connectivity index (χ1) is 6.31. The molecule has 3 amide bonds. The van der Waals surface area contributed by atoms with Crippen molar-refractivity contribution in [3.63, 3.8) is 0 Å². The Hall–Kier alpha value is -1.31. The predicted octanol–water partition coefficient (Wildman–Crippen LogP) is -0.277.